The van der Waals surface area contributed by atoms with E-state index in [0.29, 0.717) is 5.69 Å². The zero-order valence-corrected chi connectivity index (χ0v) is 11.0. The second kappa shape index (κ2) is 5.54. The number of hydrogen-bond acceptors (Lipinski definition) is 2. The van der Waals surface area contributed by atoms with Crippen molar-refractivity contribution in [1.82, 2.24) is 0 Å². The maximum atomic E-state index is 12.8. The zero-order valence-electron chi connectivity index (χ0n) is 11.0. The summed E-state index contributed by atoms with van der Waals surface area (Å²) < 4.78 is 38.5. The first-order chi connectivity index (χ1) is 9.43. The molecular formula is C15H15F3N2. The van der Waals surface area contributed by atoms with E-state index in [9.17, 15) is 13.2 Å². The molecular weight excluding hydrogens is 265 g/mol. The van der Waals surface area contributed by atoms with Crippen molar-refractivity contribution in [1.29, 1.82) is 0 Å². The van der Waals surface area contributed by atoms with E-state index in [1.807, 2.05) is 35.2 Å². The molecule has 2 N–H and O–H groups in total. The van der Waals surface area contributed by atoms with Crippen LogP contribution in [0.25, 0.3) is 0 Å². The van der Waals surface area contributed by atoms with Crippen molar-refractivity contribution in [3.63, 3.8) is 0 Å². The van der Waals surface area contributed by atoms with Gasteiger partial charge < -0.3 is 10.6 Å². The van der Waals surface area contributed by atoms with Gasteiger partial charge in [-0.3, -0.25) is 0 Å². The van der Waals surface area contributed by atoms with Gasteiger partial charge in [0.1, 0.15) is 0 Å². The van der Waals surface area contributed by atoms with Crippen molar-refractivity contribution in [2.24, 2.45) is 5.73 Å². The Labute approximate surface area is 115 Å². The molecule has 0 spiro atoms. The number of para-hydroxylation sites is 1. The molecule has 2 rings (SSSR count). The molecule has 0 atom stereocenters. The molecule has 2 aromatic rings. The van der Waals surface area contributed by atoms with Crippen LogP contribution in [-0.4, -0.2) is 7.05 Å². The molecule has 20 heavy (non-hydrogen) atoms. The van der Waals surface area contributed by atoms with E-state index in [0.717, 1.165) is 11.8 Å². The van der Waals surface area contributed by atoms with Gasteiger partial charge in [-0.15, -0.1) is 0 Å². The van der Waals surface area contributed by atoms with Crippen LogP contribution in [0.5, 0.6) is 0 Å². The van der Waals surface area contributed by atoms with Gasteiger partial charge in [0.2, 0.25) is 0 Å². The summed E-state index contributed by atoms with van der Waals surface area (Å²) in [6.45, 7) is -0.148. The summed E-state index contributed by atoms with van der Waals surface area (Å²) in [6.07, 6.45) is -4.38. The van der Waals surface area contributed by atoms with Crippen LogP contribution in [0.2, 0.25) is 0 Å². The number of nitrogens with two attached hydrogens (primary N) is 1. The van der Waals surface area contributed by atoms with Crippen LogP contribution in [0.1, 0.15) is 11.1 Å². The van der Waals surface area contributed by atoms with Crippen LogP contribution in [0.4, 0.5) is 24.5 Å². The first kappa shape index (κ1) is 14.4. The van der Waals surface area contributed by atoms with Crippen molar-refractivity contribution in [2.45, 2.75) is 12.7 Å². The van der Waals surface area contributed by atoms with Gasteiger partial charge in [0, 0.05) is 25.0 Å². The normalized spacial score (nSPS) is 11.4. The monoisotopic (exact) mass is 280 g/mol. The Morgan fingerprint density at radius 2 is 1.65 bits per heavy atom. The average Bonchev–Trinajstić information content (AvgIpc) is 2.45. The third kappa shape index (κ3) is 2.93. The van der Waals surface area contributed by atoms with Crippen molar-refractivity contribution >= 4 is 11.4 Å². The van der Waals surface area contributed by atoms with Crippen LogP contribution >= 0.6 is 0 Å². The number of anilines is 2. The number of nitrogens with zero attached hydrogens (tertiary/aromatic N) is 1. The standard InChI is InChI=1S/C15H15F3N2/c1-20(12-5-3-2-4-6-12)13-7-8-14(15(16,17)18)11(9-13)10-19/h2-9H,10,19H2,1H3. The molecule has 0 saturated carbocycles. The molecule has 2 aromatic carbocycles. The summed E-state index contributed by atoms with van der Waals surface area (Å²) in [4.78, 5) is 1.82. The minimum atomic E-state index is -4.38. The van der Waals surface area contributed by atoms with Crippen molar-refractivity contribution < 1.29 is 13.2 Å². The molecule has 0 aliphatic heterocycles. The van der Waals surface area contributed by atoms with E-state index in [1.54, 1.807) is 7.05 Å². The molecule has 2 nitrogen and oxygen atoms in total. The number of hydrogen-bond donors (Lipinski definition) is 1. The van der Waals surface area contributed by atoms with Gasteiger partial charge in [-0.2, -0.15) is 13.2 Å². The minimum Gasteiger partial charge on any atom is -0.345 e. The highest BCUT2D eigenvalue weighted by atomic mass is 19.4. The van der Waals surface area contributed by atoms with Gasteiger partial charge >= 0.3 is 6.18 Å². The number of rotatable bonds is 3. The largest absolute Gasteiger partial charge is 0.416 e. The van der Waals surface area contributed by atoms with Crippen molar-refractivity contribution in [3.05, 3.63) is 59.7 Å². The average molecular weight is 280 g/mol. The molecule has 0 amide bonds. The Balaban J connectivity index is 2.40. The van der Waals surface area contributed by atoms with Crippen LogP contribution in [0.3, 0.4) is 0 Å². The molecule has 0 aliphatic rings. The van der Waals surface area contributed by atoms with Gasteiger partial charge in [-0.25, -0.2) is 0 Å². The topological polar surface area (TPSA) is 29.3 Å². The molecule has 0 saturated heterocycles. The third-order valence-corrected chi connectivity index (χ3v) is 3.14. The van der Waals surface area contributed by atoms with E-state index in [1.165, 1.54) is 12.1 Å². The molecule has 106 valence electrons. The molecule has 0 unspecified atom stereocenters. The fourth-order valence-electron chi connectivity index (χ4n) is 2.03. The quantitative estimate of drug-likeness (QED) is 0.923. The predicted molar refractivity (Wildman–Crippen MR) is 73.8 cm³/mol. The van der Waals surface area contributed by atoms with Gasteiger partial charge in [0.25, 0.3) is 0 Å². The van der Waals surface area contributed by atoms with E-state index in [-0.39, 0.29) is 12.1 Å². The van der Waals surface area contributed by atoms with E-state index < -0.39 is 11.7 Å². The van der Waals surface area contributed by atoms with Crippen LogP contribution in [-0.2, 0) is 12.7 Å². The molecule has 0 fully saturated rings. The zero-order chi connectivity index (χ0) is 14.8. The Hall–Kier alpha value is -2.01. The van der Waals surface area contributed by atoms with Crippen LogP contribution in [0.15, 0.2) is 48.5 Å². The van der Waals surface area contributed by atoms with E-state index >= 15 is 0 Å². The Bertz CT molecular complexity index is 579. The van der Waals surface area contributed by atoms with Gasteiger partial charge in [-0.05, 0) is 35.9 Å². The summed E-state index contributed by atoms with van der Waals surface area (Å²) in [5, 5.41) is 0. The molecule has 0 radical (unpaired) electrons. The highest BCUT2D eigenvalue weighted by Gasteiger charge is 2.33. The van der Waals surface area contributed by atoms with Gasteiger partial charge in [-0.1, -0.05) is 18.2 Å². The SMILES string of the molecule is CN(c1ccccc1)c1ccc(C(F)(F)F)c(CN)c1. The summed E-state index contributed by atoms with van der Waals surface area (Å²) in [5.74, 6) is 0. The van der Waals surface area contributed by atoms with Gasteiger partial charge in [0.05, 0.1) is 5.56 Å². The van der Waals surface area contributed by atoms with Crippen LogP contribution in [0, 0.1) is 0 Å². The molecule has 0 heterocycles. The van der Waals surface area contributed by atoms with Crippen molar-refractivity contribution in [2.75, 3.05) is 11.9 Å². The lowest BCUT2D eigenvalue weighted by molar-refractivity contribution is -0.138. The Morgan fingerprint density at radius 1 is 1.00 bits per heavy atom. The molecule has 0 bridgehead atoms. The van der Waals surface area contributed by atoms with Gasteiger partial charge in [0.15, 0.2) is 0 Å². The molecule has 0 aliphatic carbocycles. The summed E-state index contributed by atoms with van der Waals surface area (Å²) >= 11 is 0. The maximum Gasteiger partial charge on any atom is 0.416 e. The lowest BCUT2D eigenvalue weighted by atomic mass is 10.1. The van der Waals surface area contributed by atoms with Crippen molar-refractivity contribution in [3.8, 4) is 0 Å². The first-order valence-corrected chi connectivity index (χ1v) is 6.12. The fraction of sp³-hybridized carbons (Fsp3) is 0.200. The first-order valence-electron chi connectivity index (χ1n) is 6.12. The summed E-state index contributed by atoms with van der Waals surface area (Å²) in [6, 6.07) is 13.4. The maximum absolute atomic E-state index is 12.8. The smallest absolute Gasteiger partial charge is 0.345 e. The lowest BCUT2D eigenvalue weighted by Gasteiger charge is -2.21. The minimum absolute atomic E-state index is 0.0952. The highest BCUT2D eigenvalue weighted by molar-refractivity contribution is 5.63. The van der Waals surface area contributed by atoms with E-state index in [2.05, 4.69) is 0 Å². The van der Waals surface area contributed by atoms with Crippen LogP contribution < -0.4 is 10.6 Å². The molecule has 0 aromatic heterocycles. The van der Waals surface area contributed by atoms with E-state index in [4.69, 9.17) is 5.73 Å². The number of halogens is 3. The summed E-state index contributed by atoms with van der Waals surface area (Å²) in [7, 11) is 1.80. The lowest BCUT2D eigenvalue weighted by Crippen LogP contribution is -2.15. The number of alkyl halides is 3. The Morgan fingerprint density at radius 3 is 2.20 bits per heavy atom. The highest BCUT2D eigenvalue weighted by Crippen LogP contribution is 2.34. The number of benzene rings is 2. The second-order valence-corrected chi connectivity index (χ2v) is 4.44. The summed E-state index contributed by atoms with van der Waals surface area (Å²) in [5.41, 5.74) is 6.43. The third-order valence-electron chi connectivity index (χ3n) is 3.14. The Kier molecular flexibility index (Phi) is 3.99. The fourth-order valence-corrected chi connectivity index (χ4v) is 2.03. The molecule has 5 heteroatoms. The predicted octanol–water partition coefficient (Wildman–Crippen LogP) is 3.93. The second-order valence-electron chi connectivity index (χ2n) is 4.44.